The maximum absolute atomic E-state index is 11.3. The van der Waals surface area contributed by atoms with Crippen LogP contribution in [0.25, 0.3) is 0 Å². The van der Waals surface area contributed by atoms with Crippen molar-refractivity contribution in [2.45, 2.75) is 6.92 Å². The van der Waals surface area contributed by atoms with Gasteiger partial charge in [0.15, 0.2) is 0 Å². The molecule has 1 aromatic rings. The van der Waals surface area contributed by atoms with Gasteiger partial charge >= 0.3 is 5.97 Å². The molecule has 0 unspecified atom stereocenters. The van der Waals surface area contributed by atoms with Crippen LogP contribution < -0.4 is 0 Å². The van der Waals surface area contributed by atoms with Crippen molar-refractivity contribution in [3.8, 4) is 0 Å². The molecule has 0 radical (unpaired) electrons. The Morgan fingerprint density at radius 3 is 2.36 bits per heavy atom. The molecular formula is C9H7BrCl2O2. The highest BCUT2D eigenvalue weighted by molar-refractivity contribution is 9.10. The molecule has 0 atom stereocenters. The van der Waals surface area contributed by atoms with E-state index in [1.54, 1.807) is 6.92 Å². The molecule has 0 fully saturated rings. The van der Waals surface area contributed by atoms with Gasteiger partial charge in [0.2, 0.25) is 0 Å². The van der Waals surface area contributed by atoms with E-state index in [0.717, 1.165) is 0 Å². The Balaban J connectivity index is 3.06. The fraction of sp³-hybridized carbons (Fsp3) is 0.222. The molecule has 0 aliphatic carbocycles. The maximum Gasteiger partial charge on any atom is 0.338 e. The molecule has 76 valence electrons. The molecule has 1 aromatic carbocycles. The van der Waals surface area contributed by atoms with Crippen LogP contribution in [0.2, 0.25) is 10.0 Å². The molecule has 0 amide bonds. The first-order valence-corrected chi connectivity index (χ1v) is 5.42. The molecule has 0 heterocycles. The lowest BCUT2D eigenvalue weighted by Gasteiger charge is -2.04. The average Bonchev–Trinajstić information content (AvgIpc) is 2.13. The molecule has 0 aromatic heterocycles. The van der Waals surface area contributed by atoms with Crippen LogP contribution >= 0.6 is 39.1 Å². The standard InChI is InChI=1S/C9H7BrCl2O2/c1-2-14-9(13)5-3-6(11)8(10)7(12)4-5/h3-4H,2H2,1H3. The van der Waals surface area contributed by atoms with Gasteiger partial charge < -0.3 is 4.74 Å². The Morgan fingerprint density at radius 2 is 1.93 bits per heavy atom. The number of esters is 1. The Bertz CT molecular complexity index is 343. The summed E-state index contributed by atoms with van der Waals surface area (Å²) in [6.07, 6.45) is 0. The van der Waals surface area contributed by atoms with Crippen LogP contribution in [0.4, 0.5) is 0 Å². The van der Waals surface area contributed by atoms with Gasteiger partial charge in [-0.15, -0.1) is 0 Å². The summed E-state index contributed by atoms with van der Waals surface area (Å²) in [5.74, 6) is -0.427. The van der Waals surface area contributed by atoms with E-state index in [2.05, 4.69) is 15.9 Å². The first kappa shape index (κ1) is 11.8. The van der Waals surface area contributed by atoms with E-state index in [0.29, 0.717) is 26.7 Å². The zero-order chi connectivity index (χ0) is 10.7. The molecule has 0 spiro atoms. The molecular weight excluding hydrogens is 291 g/mol. The summed E-state index contributed by atoms with van der Waals surface area (Å²) in [5, 5.41) is 0.779. The Hall–Kier alpha value is -0.250. The van der Waals surface area contributed by atoms with Gasteiger partial charge in [-0.3, -0.25) is 0 Å². The molecule has 0 saturated carbocycles. The van der Waals surface area contributed by atoms with Gasteiger partial charge in [0, 0.05) is 0 Å². The van der Waals surface area contributed by atoms with E-state index in [-0.39, 0.29) is 0 Å². The molecule has 1 rings (SSSR count). The number of hydrogen-bond acceptors (Lipinski definition) is 2. The zero-order valence-corrected chi connectivity index (χ0v) is 10.4. The third kappa shape index (κ3) is 2.62. The highest BCUT2D eigenvalue weighted by Gasteiger charge is 2.11. The number of carbonyl (C=O) groups is 1. The minimum atomic E-state index is -0.427. The van der Waals surface area contributed by atoms with Gasteiger partial charge in [-0.1, -0.05) is 23.2 Å². The number of halogens is 3. The topological polar surface area (TPSA) is 26.3 Å². The molecule has 0 bridgehead atoms. The molecule has 2 nitrogen and oxygen atoms in total. The average molecular weight is 298 g/mol. The van der Waals surface area contributed by atoms with Crippen LogP contribution in [0.1, 0.15) is 17.3 Å². The molecule has 0 aliphatic heterocycles. The SMILES string of the molecule is CCOC(=O)c1cc(Cl)c(Br)c(Cl)c1. The maximum atomic E-state index is 11.3. The molecule has 0 aliphatic rings. The monoisotopic (exact) mass is 296 g/mol. The normalized spacial score (nSPS) is 10.0. The van der Waals surface area contributed by atoms with Crippen LogP contribution in [-0.4, -0.2) is 12.6 Å². The Kier molecular flexibility index (Phi) is 4.23. The van der Waals surface area contributed by atoms with Gasteiger partial charge in [0.25, 0.3) is 0 Å². The summed E-state index contributed by atoms with van der Waals surface area (Å²) in [7, 11) is 0. The predicted molar refractivity (Wildman–Crippen MR) is 60.1 cm³/mol. The number of benzene rings is 1. The second kappa shape index (κ2) is 5.01. The van der Waals surface area contributed by atoms with Crippen molar-refractivity contribution in [1.29, 1.82) is 0 Å². The van der Waals surface area contributed by atoms with Crippen LogP contribution in [0.5, 0.6) is 0 Å². The highest BCUT2D eigenvalue weighted by Crippen LogP contribution is 2.31. The predicted octanol–water partition coefficient (Wildman–Crippen LogP) is 3.93. The minimum Gasteiger partial charge on any atom is -0.462 e. The van der Waals surface area contributed by atoms with Gasteiger partial charge in [0.05, 0.1) is 26.7 Å². The second-order valence-electron chi connectivity index (χ2n) is 2.47. The van der Waals surface area contributed by atoms with Gasteiger partial charge in [0.1, 0.15) is 0 Å². The summed E-state index contributed by atoms with van der Waals surface area (Å²) >= 11 is 14.8. The van der Waals surface area contributed by atoms with Gasteiger partial charge in [-0.25, -0.2) is 4.79 Å². The fourth-order valence-electron chi connectivity index (χ4n) is 0.888. The van der Waals surface area contributed by atoms with Crippen molar-refractivity contribution in [2.24, 2.45) is 0 Å². The molecule has 0 N–H and O–H groups in total. The van der Waals surface area contributed by atoms with E-state index in [9.17, 15) is 4.79 Å². The van der Waals surface area contributed by atoms with Crippen molar-refractivity contribution in [2.75, 3.05) is 6.61 Å². The largest absolute Gasteiger partial charge is 0.462 e. The Morgan fingerprint density at radius 1 is 1.43 bits per heavy atom. The van der Waals surface area contributed by atoms with Gasteiger partial charge in [-0.05, 0) is 35.0 Å². The minimum absolute atomic E-state index is 0.324. The van der Waals surface area contributed by atoms with Crippen LogP contribution in [0.3, 0.4) is 0 Å². The number of carbonyl (C=O) groups excluding carboxylic acids is 1. The van der Waals surface area contributed by atoms with Crippen molar-refractivity contribution >= 4 is 45.1 Å². The van der Waals surface area contributed by atoms with E-state index in [4.69, 9.17) is 27.9 Å². The van der Waals surface area contributed by atoms with Crippen molar-refractivity contribution < 1.29 is 9.53 Å². The number of hydrogen-bond donors (Lipinski definition) is 0. The second-order valence-corrected chi connectivity index (χ2v) is 4.08. The number of rotatable bonds is 2. The lowest BCUT2D eigenvalue weighted by atomic mass is 10.2. The van der Waals surface area contributed by atoms with E-state index >= 15 is 0 Å². The molecule has 5 heteroatoms. The Labute approximate surface area is 100 Å². The third-order valence-corrected chi connectivity index (χ3v) is 3.40. The fourth-order valence-corrected chi connectivity index (χ4v) is 1.60. The molecule has 14 heavy (non-hydrogen) atoms. The first-order chi connectivity index (χ1) is 6.56. The summed E-state index contributed by atoms with van der Waals surface area (Å²) < 4.78 is 5.38. The summed E-state index contributed by atoms with van der Waals surface area (Å²) in [6, 6.07) is 3.02. The molecule has 0 saturated heterocycles. The van der Waals surface area contributed by atoms with E-state index < -0.39 is 5.97 Å². The highest BCUT2D eigenvalue weighted by atomic mass is 79.9. The van der Waals surface area contributed by atoms with Crippen LogP contribution in [0.15, 0.2) is 16.6 Å². The number of ether oxygens (including phenoxy) is 1. The van der Waals surface area contributed by atoms with Crippen LogP contribution in [-0.2, 0) is 4.74 Å². The van der Waals surface area contributed by atoms with E-state index in [1.807, 2.05) is 0 Å². The smallest absolute Gasteiger partial charge is 0.338 e. The quantitative estimate of drug-likeness (QED) is 0.611. The third-order valence-electron chi connectivity index (χ3n) is 1.49. The zero-order valence-electron chi connectivity index (χ0n) is 7.31. The van der Waals surface area contributed by atoms with Crippen molar-refractivity contribution in [1.82, 2.24) is 0 Å². The van der Waals surface area contributed by atoms with E-state index in [1.165, 1.54) is 12.1 Å². The summed E-state index contributed by atoms with van der Waals surface area (Å²) in [6.45, 7) is 2.06. The van der Waals surface area contributed by atoms with Crippen LogP contribution in [0, 0.1) is 0 Å². The van der Waals surface area contributed by atoms with Crippen molar-refractivity contribution in [3.63, 3.8) is 0 Å². The summed E-state index contributed by atoms with van der Waals surface area (Å²) in [4.78, 5) is 11.3. The first-order valence-electron chi connectivity index (χ1n) is 3.88. The lowest BCUT2D eigenvalue weighted by Crippen LogP contribution is -2.04. The lowest BCUT2D eigenvalue weighted by molar-refractivity contribution is 0.0526. The van der Waals surface area contributed by atoms with Crippen molar-refractivity contribution in [3.05, 3.63) is 32.2 Å². The summed E-state index contributed by atoms with van der Waals surface area (Å²) in [5.41, 5.74) is 0.352. The van der Waals surface area contributed by atoms with Gasteiger partial charge in [-0.2, -0.15) is 0 Å².